The Balaban J connectivity index is 1.44. The van der Waals surface area contributed by atoms with Crippen molar-refractivity contribution in [3.8, 4) is 5.75 Å². The molecule has 0 bridgehead atoms. The third-order valence-corrected chi connectivity index (χ3v) is 14.6. The number of anilines is 3. The largest absolute Gasteiger partial charge is 0.505 e. The molecule has 72 heavy (non-hydrogen) atoms. The van der Waals surface area contributed by atoms with Crippen LogP contribution in [0, 0.1) is 17.8 Å². The Kier molecular flexibility index (Phi) is 14.9. The molecule has 382 valence electrons. The topological polar surface area (TPSA) is 473 Å². The highest BCUT2D eigenvalue weighted by Gasteiger charge is 2.29. The number of fused-ring (bicyclic) bond motifs is 1. The SMILES string of the molecule is Nc1c(N=Nc2cc(F)c(N=Nc3ccc(S(=O)(=O)CCOS(=O)(=O)O)cc3)cc2S(=O)(=O)O)c(S(=O)(=O)O)cc2cc(S(=O)(=O)O)c(N=Nc3cc(Nc4cc(F)nc(F)n4)ccc3S(=O)(=O)O)c(O)c12. The summed E-state index contributed by atoms with van der Waals surface area (Å²) in [6.07, 6.45) is -1.53. The predicted molar refractivity (Wildman–Crippen MR) is 236 cm³/mol. The Bertz CT molecular complexity index is 4020. The number of phenolic OH excluding ortho intramolecular Hbond substituents is 1. The van der Waals surface area contributed by atoms with Crippen molar-refractivity contribution in [1.29, 1.82) is 0 Å². The number of phenols is 1. The smallest absolute Gasteiger partial charge is 0.397 e. The van der Waals surface area contributed by atoms with Crippen LogP contribution in [0.1, 0.15) is 0 Å². The Morgan fingerprint density at radius 2 is 1.12 bits per heavy atom. The highest BCUT2D eigenvalue weighted by molar-refractivity contribution is 7.91. The molecule has 0 aliphatic heterocycles. The van der Waals surface area contributed by atoms with Crippen LogP contribution in [0.2, 0.25) is 0 Å². The molecule has 0 spiro atoms. The van der Waals surface area contributed by atoms with E-state index in [0.717, 1.165) is 36.4 Å². The number of halogens is 3. The fourth-order valence-electron chi connectivity index (χ4n) is 5.90. The minimum absolute atomic E-state index is 0.192. The molecule has 5 aromatic carbocycles. The molecule has 1 aromatic heterocycles. The maximum absolute atomic E-state index is 15.4. The van der Waals surface area contributed by atoms with Crippen molar-refractivity contribution < 1.29 is 95.7 Å². The van der Waals surface area contributed by atoms with Gasteiger partial charge >= 0.3 is 16.5 Å². The van der Waals surface area contributed by atoms with E-state index in [1.165, 1.54) is 0 Å². The first-order valence-corrected chi connectivity index (χ1v) is 27.1. The Hall–Kier alpha value is -7.11. The van der Waals surface area contributed by atoms with E-state index in [-0.39, 0.29) is 17.4 Å². The number of aromatic hydroxyl groups is 1. The molecule has 0 saturated heterocycles. The second kappa shape index (κ2) is 19.8. The molecule has 6 rings (SSSR count). The van der Waals surface area contributed by atoms with E-state index in [2.05, 4.69) is 50.2 Å². The molecule has 0 radical (unpaired) electrons. The summed E-state index contributed by atoms with van der Waals surface area (Å²) in [6, 6.07) is 8.32. The van der Waals surface area contributed by atoms with Gasteiger partial charge in [0.25, 0.3) is 40.5 Å². The summed E-state index contributed by atoms with van der Waals surface area (Å²) >= 11 is 0. The molecule has 0 saturated carbocycles. The first-order valence-electron chi connectivity index (χ1n) is 18.3. The zero-order valence-electron chi connectivity index (χ0n) is 34.6. The molecule has 1 heterocycles. The van der Waals surface area contributed by atoms with Crippen molar-refractivity contribution >= 4 is 123 Å². The van der Waals surface area contributed by atoms with Crippen LogP contribution in [-0.4, -0.2) is 101 Å². The van der Waals surface area contributed by atoms with Gasteiger partial charge in [0, 0.05) is 17.8 Å². The normalized spacial score (nSPS) is 13.2. The van der Waals surface area contributed by atoms with Gasteiger partial charge in [0.1, 0.15) is 53.8 Å². The van der Waals surface area contributed by atoms with Crippen LogP contribution in [0.5, 0.6) is 5.75 Å². The summed E-state index contributed by atoms with van der Waals surface area (Å²) in [5.41, 5.74) is -0.874. The lowest BCUT2D eigenvalue weighted by atomic mass is 10.1. The molecule has 0 fully saturated rings. The predicted octanol–water partition coefficient (Wildman–Crippen LogP) is 5.90. The summed E-state index contributed by atoms with van der Waals surface area (Å²) < 4.78 is 242. The third-order valence-electron chi connectivity index (χ3n) is 8.92. The van der Waals surface area contributed by atoms with Gasteiger partial charge in [-0.3, -0.25) is 22.8 Å². The summed E-state index contributed by atoms with van der Waals surface area (Å²) in [4.78, 5) is 0.541. The van der Waals surface area contributed by atoms with Gasteiger partial charge in [-0.1, -0.05) is 0 Å². The first kappa shape index (κ1) is 54.2. The molecule has 0 aliphatic carbocycles. The average molecular weight is 1130 g/mol. The fraction of sp³-hybridized carbons (Fsp3) is 0.0588. The van der Waals surface area contributed by atoms with Gasteiger partial charge in [-0.2, -0.15) is 66.0 Å². The molecule has 38 heteroatoms. The molecule has 29 nitrogen and oxygen atoms in total. The fourth-order valence-corrected chi connectivity index (χ4v) is 9.94. The van der Waals surface area contributed by atoms with Gasteiger partial charge in [-0.25, -0.2) is 17.0 Å². The van der Waals surface area contributed by atoms with E-state index < -0.39 is 172 Å². The number of nitrogen functional groups attached to an aromatic ring is 1. The van der Waals surface area contributed by atoms with Gasteiger partial charge in [0.15, 0.2) is 21.4 Å². The van der Waals surface area contributed by atoms with Crippen molar-refractivity contribution in [3.05, 3.63) is 90.6 Å². The number of sulfone groups is 1. The van der Waals surface area contributed by atoms with Crippen molar-refractivity contribution in [3.63, 3.8) is 0 Å². The lowest BCUT2D eigenvalue weighted by molar-refractivity contribution is 0.284. The molecule has 9 N–H and O–H groups in total. The number of rotatable bonds is 17. The number of nitrogens with zero attached hydrogens (tertiary/aromatic N) is 8. The first-order chi connectivity index (χ1) is 33.1. The van der Waals surface area contributed by atoms with Crippen LogP contribution in [-0.2, 0) is 64.9 Å². The van der Waals surface area contributed by atoms with Gasteiger partial charge in [-0.15, -0.1) is 25.6 Å². The maximum Gasteiger partial charge on any atom is 0.397 e. The van der Waals surface area contributed by atoms with Crippen LogP contribution >= 0.6 is 0 Å². The lowest BCUT2D eigenvalue weighted by Crippen LogP contribution is -2.15. The van der Waals surface area contributed by atoms with E-state index in [9.17, 15) is 82.6 Å². The highest BCUT2D eigenvalue weighted by atomic mass is 32.3. The molecular formula is C34H25F3N10O19S6. The molecule has 0 amide bonds. The molecule has 6 aromatic rings. The Labute approximate surface area is 401 Å². The van der Waals surface area contributed by atoms with E-state index in [1.807, 2.05) is 0 Å². The highest BCUT2D eigenvalue weighted by Crippen LogP contribution is 2.49. The van der Waals surface area contributed by atoms with E-state index >= 15 is 4.39 Å². The van der Waals surface area contributed by atoms with Gasteiger partial charge in [0.2, 0.25) is 5.95 Å². The summed E-state index contributed by atoms with van der Waals surface area (Å²) in [6.45, 7) is -0.946. The van der Waals surface area contributed by atoms with Gasteiger partial charge in [0.05, 0.1) is 34.0 Å². The summed E-state index contributed by atoms with van der Waals surface area (Å²) in [5, 5.41) is 33.3. The van der Waals surface area contributed by atoms with Crippen molar-refractivity contribution in [2.24, 2.45) is 30.7 Å². The molecule has 0 aliphatic rings. The quantitative estimate of drug-likeness (QED) is 0.0173. The standard InChI is InChI=1S/C34H25F3N10O19S6/c35-19-12-22(24(69(54,55)56)13-20(19)43-42-16-1-4-18(5-2-16)67(49,50)8-7-66-72(63,64)65)45-46-31-25(70(57,58)59)9-15-10-26(71(60,61)62)32(33(48)29(15)30(31)38)47-44-21-11-17(3-6-23(21)68(51,52)53)39-28-14-27(36)40-34(37)41-28/h1-6,9-14,48H,7-8,38H2,(H,39,40,41)(H,51,52,53)(H,54,55,56)(H,57,58,59)(H,60,61,62)(H,63,64,65). The van der Waals surface area contributed by atoms with E-state index in [4.69, 9.17) is 10.3 Å². The van der Waals surface area contributed by atoms with Crippen molar-refractivity contribution in [2.45, 2.75) is 24.5 Å². The van der Waals surface area contributed by atoms with E-state index in [0.29, 0.717) is 30.3 Å². The summed E-state index contributed by atoms with van der Waals surface area (Å²) in [7, 11) is -31.0. The third kappa shape index (κ3) is 12.9. The van der Waals surface area contributed by atoms with Crippen LogP contribution in [0.15, 0.2) is 128 Å². The number of nitrogens with one attached hydrogen (secondary N) is 1. The number of hydrogen-bond acceptors (Lipinski definition) is 24. The monoisotopic (exact) mass is 1130 g/mol. The molecular weight excluding hydrogens is 1100 g/mol. The number of nitrogens with two attached hydrogens (primary N) is 1. The van der Waals surface area contributed by atoms with Crippen LogP contribution in [0.3, 0.4) is 0 Å². The second-order valence-corrected chi connectivity index (χ2v) is 22.6. The number of aromatic nitrogens is 2. The van der Waals surface area contributed by atoms with Crippen LogP contribution in [0.4, 0.5) is 64.5 Å². The number of hydrogen-bond donors (Lipinski definition) is 8. The van der Waals surface area contributed by atoms with Crippen LogP contribution in [0.25, 0.3) is 10.8 Å². The van der Waals surface area contributed by atoms with Crippen LogP contribution < -0.4 is 11.1 Å². The minimum Gasteiger partial charge on any atom is -0.505 e. The van der Waals surface area contributed by atoms with Crippen molar-refractivity contribution in [1.82, 2.24) is 9.97 Å². The zero-order valence-corrected chi connectivity index (χ0v) is 39.5. The lowest BCUT2D eigenvalue weighted by Gasteiger charge is -2.14. The minimum atomic E-state index is -5.58. The molecule has 0 unspecified atom stereocenters. The summed E-state index contributed by atoms with van der Waals surface area (Å²) in [5.74, 6) is -5.69. The molecule has 0 atom stereocenters. The second-order valence-electron chi connectivity index (χ2n) is 13.8. The van der Waals surface area contributed by atoms with E-state index in [1.54, 1.807) is 0 Å². The van der Waals surface area contributed by atoms with Gasteiger partial charge in [-0.05, 0) is 66.0 Å². The maximum atomic E-state index is 15.4. The number of azo groups is 3. The Morgan fingerprint density at radius 3 is 1.68 bits per heavy atom. The zero-order chi connectivity index (χ0) is 53.5. The number of benzene rings is 5. The van der Waals surface area contributed by atoms with Crippen molar-refractivity contribution in [2.75, 3.05) is 23.4 Å². The Morgan fingerprint density at radius 1 is 0.583 bits per heavy atom. The van der Waals surface area contributed by atoms with Gasteiger partial charge < -0.3 is 16.2 Å². The average Bonchev–Trinajstić information content (AvgIpc) is 3.23.